The van der Waals surface area contributed by atoms with Crippen molar-refractivity contribution in [1.29, 1.82) is 0 Å². The number of aromatic nitrogens is 2. The Kier molecular flexibility index (Phi) is 3.47. The molecule has 0 aliphatic heterocycles. The van der Waals surface area contributed by atoms with E-state index in [1.165, 1.54) is 12.3 Å². The van der Waals surface area contributed by atoms with Gasteiger partial charge in [-0.3, -0.25) is 0 Å². The SMILES string of the molecule is CN(CC(C)(C)C)c1nnccc1C(=O)O. The Hall–Kier alpha value is -1.65. The fraction of sp³-hybridized carbons (Fsp3) is 0.545. The molecular weight excluding hydrogens is 206 g/mol. The Bertz CT molecular complexity index is 385. The van der Waals surface area contributed by atoms with Gasteiger partial charge in [0.05, 0.1) is 6.20 Å². The molecule has 1 aromatic heterocycles. The van der Waals surface area contributed by atoms with Crippen molar-refractivity contribution in [2.24, 2.45) is 5.41 Å². The molecule has 0 radical (unpaired) electrons. The Balaban J connectivity index is 2.99. The molecule has 0 fully saturated rings. The van der Waals surface area contributed by atoms with Gasteiger partial charge in [0.25, 0.3) is 0 Å². The fourth-order valence-corrected chi connectivity index (χ4v) is 1.56. The lowest BCUT2D eigenvalue weighted by Gasteiger charge is -2.27. The van der Waals surface area contributed by atoms with Gasteiger partial charge in [0.1, 0.15) is 5.56 Å². The van der Waals surface area contributed by atoms with Gasteiger partial charge in [0.15, 0.2) is 5.82 Å². The van der Waals surface area contributed by atoms with Crippen LogP contribution >= 0.6 is 0 Å². The summed E-state index contributed by atoms with van der Waals surface area (Å²) >= 11 is 0. The maximum Gasteiger partial charge on any atom is 0.339 e. The first-order valence-corrected chi connectivity index (χ1v) is 5.07. The highest BCUT2D eigenvalue weighted by molar-refractivity contribution is 5.93. The number of nitrogens with zero attached hydrogens (tertiary/aromatic N) is 3. The van der Waals surface area contributed by atoms with Crippen molar-refractivity contribution in [2.45, 2.75) is 20.8 Å². The highest BCUT2D eigenvalue weighted by atomic mass is 16.4. The van der Waals surface area contributed by atoms with Crippen LogP contribution in [-0.2, 0) is 0 Å². The predicted molar refractivity (Wildman–Crippen MR) is 61.7 cm³/mol. The lowest BCUT2D eigenvalue weighted by Crippen LogP contribution is -2.31. The monoisotopic (exact) mass is 223 g/mol. The second kappa shape index (κ2) is 4.47. The number of anilines is 1. The van der Waals surface area contributed by atoms with Crippen molar-refractivity contribution in [1.82, 2.24) is 10.2 Å². The van der Waals surface area contributed by atoms with Gasteiger partial charge >= 0.3 is 5.97 Å². The quantitative estimate of drug-likeness (QED) is 0.844. The van der Waals surface area contributed by atoms with Crippen LogP contribution in [-0.4, -0.2) is 34.9 Å². The summed E-state index contributed by atoms with van der Waals surface area (Å²) in [6.07, 6.45) is 1.39. The summed E-state index contributed by atoms with van der Waals surface area (Å²) in [5.74, 6) is -0.574. The molecule has 0 saturated carbocycles. The number of carbonyl (C=O) groups is 1. The average Bonchev–Trinajstić information content (AvgIpc) is 2.15. The van der Waals surface area contributed by atoms with E-state index in [1.807, 2.05) is 11.9 Å². The zero-order chi connectivity index (χ0) is 12.3. The fourth-order valence-electron chi connectivity index (χ4n) is 1.56. The van der Waals surface area contributed by atoms with Gasteiger partial charge in [-0.15, -0.1) is 5.10 Å². The molecule has 0 saturated heterocycles. The van der Waals surface area contributed by atoms with Crippen LogP contribution in [0.1, 0.15) is 31.1 Å². The van der Waals surface area contributed by atoms with Crippen molar-refractivity contribution in [2.75, 3.05) is 18.5 Å². The minimum absolute atomic E-state index is 0.0715. The van der Waals surface area contributed by atoms with Crippen molar-refractivity contribution >= 4 is 11.8 Å². The number of carboxylic acid groups (broad SMARTS) is 1. The molecule has 1 heterocycles. The minimum Gasteiger partial charge on any atom is -0.478 e. The summed E-state index contributed by atoms with van der Waals surface area (Å²) in [6, 6.07) is 1.46. The maximum absolute atomic E-state index is 11.0. The lowest BCUT2D eigenvalue weighted by molar-refractivity contribution is 0.0697. The van der Waals surface area contributed by atoms with Crippen LogP contribution in [0.25, 0.3) is 0 Å². The average molecular weight is 223 g/mol. The molecule has 5 nitrogen and oxygen atoms in total. The van der Waals surface area contributed by atoms with Crippen LogP contribution in [0.2, 0.25) is 0 Å². The predicted octanol–water partition coefficient (Wildman–Crippen LogP) is 1.66. The Morgan fingerprint density at radius 1 is 1.50 bits per heavy atom. The zero-order valence-electron chi connectivity index (χ0n) is 10.1. The molecule has 88 valence electrons. The van der Waals surface area contributed by atoms with Crippen LogP contribution in [0.3, 0.4) is 0 Å². The maximum atomic E-state index is 11.0. The summed E-state index contributed by atoms with van der Waals surface area (Å²) < 4.78 is 0. The van der Waals surface area contributed by atoms with E-state index in [0.717, 1.165) is 0 Å². The molecule has 0 unspecified atom stereocenters. The van der Waals surface area contributed by atoms with Crippen LogP contribution in [0.15, 0.2) is 12.3 Å². The summed E-state index contributed by atoms with van der Waals surface area (Å²) in [5.41, 5.74) is 0.254. The molecule has 1 N–H and O–H groups in total. The van der Waals surface area contributed by atoms with E-state index in [1.54, 1.807) is 0 Å². The first-order chi connectivity index (χ1) is 7.31. The standard InChI is InChI=1S/C11H17N3O2/c1-11(2,3)7-14(4)9-8(10(15)16)5-6-12-13-9/h5-6H,7H2,1-4H3,(H,15,16). The van der Waals surface area contributed by atoms with E-state index in [-0.39, 0.29) is 11.0 Å². The topological polar surface area (TPSA) is 66.3 Å². The summed E-state index contributed by atoms with van der Waals surface area (Å²) in [7, 11) is 1.82. The van der Waals surface area contributed by atoms with E-state index in [0.29, 0.717) is 12.4 Å². The molecule has 0 atom stereocenters. The van der Waals surface area contributed by atoms with E-state index >= 15 is 0 Å². The second-order valence-electron chi connectivity index (χ2n) is 4.99. The normalized spacial score (nSPS) is 11.2. The minimum atomic E-state index is -0.981. The van der Waals surface area contributed by atoms with Crippen molar-refractivity contribution < 1.29 is 9.90 Å². The van der Waals surface area contributed by atoms with Gasteiger partial charge in [0.2, 0.25) is 0 Å². The van der Waals surface area contributed by atoms with Crippen LogP contribution < -0.4 is 4.90 Å². The molecule has 0 bridgehead atoms. The van der Waals surface area contributed by atoms with Crippen molar-refractivity contribution in [3.05, 3.63) is 17.8 Å². The van der Waals surface area contributed by atoms with E-state index in [4.69, 9.17) is 5.11 Å². The highest BCUT2D eigenvalue weighted by Gasteiger charge is 2.19. The van der Waals surface area contributed by atoms with Crippen molar-refractivity contribution in [3.8, 4) is 0 Å². The second-order valence-corrected chi connectivity index (χ2v) is 4.99. The molecule has 1 aromatic rings. The number of hydrogen-bond donors (Lipinski definition) is 1. The first kappa shape index (κ1) is 12.4. The van der Waals surface area contributed by atoms with Crippen LogP contribution in [0.4, 0.5) is 5.82 Å². The summed E-state index contributed by atoms with van der Waals surface area (Å²) in [4.78, 5) is 12.8. The smallest absolute Gasteiger partial charge is 0.339 e. The van der Waals surface area contributed by atoms with E-state index in [9.17, 15) is 4.79 Å². The lowest BCUT2D eigenvalue weighted by atomic mass is 9.96. The van der Waals surface area contributed by atoms with Gasteiger partial charge in [0, 0.05) is 13.6 Å². The Morgan fingerprint density at radius 2 is 2.12 bits per heavy atom. The van der Waals surface area contributed by atoms with Gasteiger partial charge in [-0.05, 0) is 11.5 Å². The summed E-state index contributed by atoms with van der Waals surface area (Å²) in [5, 5.41) is 16.6. The van der Waals surface area contributed by atoms with Crippen molar-refractivity contribution in [3.63, 3.8) is 0 Å². The molecule has 0 aliphatic rings. The van der Waals surface area contributed by atoms with E-state index < -0.39 is 5.97 Å². The largest absolute Gasteiger partial charge is 0.478 e. The van der Waals surface area contributed by atoms with Gasteiger partial charge in [-0.25, -0.2) is 4.79 Å². The molecule has 1 rings (SSSR count). The van der Waals surface area contributed by atoms with Gasteiger partial charge < -0.3 is 10.0 Å². The molecule has 0 aromatic carbocycles. The van der Waals surface area contributed by atoms with Crippen LogP contribution in [0, 0.1) is 5.41 Å². The molecule has 0 amide bonds. The Labute approximate surface area is 95.1 Å². The van der Waals surface area contributed by atoms with E-state index in [2.05, 4.69) is 31.0 Å². The molecular formula is C11H17N3O2. The highest BCUT2D eigenvalue weighted by Crippen LogP contribution is 2.20. The van der Waals surface area contributed by atoms with Gasteiger partial charge in [-0.1, -0.05) is 20.8 Å². The zero-order valence-corrected chi connectivity index (χ0v) is 10.1. The van der Waals surface area contributed by atoms with Gasteiger partial charge in [-0.2, -0.15) is 5.10 Å². The summed E-state index contributed by atoms with van der Waals surface area (Å²) in [6.45, 7) is 6.97. The first-order valence-electron chi connectivity index (χ1n) is 5.07. The number of aromatic carboxylic acids is 1. The third-order valence-corrected chi connectivity index (χ3v) is 2.00. The molecule has 5 heteroatoms. The Morgan fingerprint density at radius 3 is 2.62 bits per heavy atom. The third-order valence-electron chi connectivity index (χ3n) is 2.00. The number of carboxylic acids is 1. The molecule has 0 aliphatic carbocycles. The molecule has 16 heavy (non-hydrogen) atoms. The third kappa shape index (κ3) is 3.18. The number of rotatable bonds is 3. The molecule has 0 spiro atoms. The number of hydrogen-bond acceptors (Lipinski definition) is 4. The van der Waals surface area contributed by atoms with Crippen LogP contribution in [0.5, 0.6) is 0 Å².